The Bertz CT molecular complexity index is 453. The summed E-state index contributed by atoms with van der Waals surface area (Å²) in [6.45, 7) is 4.45. The van der Waals surface area contributed by atoms with Crippen LogP contribution in [0, 0.1) is 11.3 Å². The third-order valence-corrected chi connectivity index (χ3v) is 3.63. The maximum atomic E-state index is 8.98. The van der Waals surface area contributed by atoms with Gasteiger partial charge in [-0.3, -0.25) is 0 Å². The van der Waals surface area contributed by atoms with E-state index < -0.39 is 0 Å². The van der Waals surface area contributed by atoms with Crippen molar-refractivity contribution in [3.05, 3.63) is 23.8 Å². The Morgan fingerprint density at radius 3 is 2.61 bits per heavy atom. The Morgan fingerprint density at radius 1 is 1.33 bits per heavy atom. The van der Waals surface area contributed by atoms with Gasteiger partial charge in [0.05, 0.1) is 11.3 Å². The average Bonchev–Trinajstić information content (AvgIpc) is 2.36. The van der Waals surface area contributed by atoms with Gasteiger partial charge in [0.25, 0.3) is 0 Å². The van der Waals surface area contributed by atoms with Crippen LogP contribution in [-0.4, -0.2) is 17.1 Å². The molecule has 0 aliphatic carbocycles. The van der Waals surface area contributed by atoms with Crippen molar-refractivity contribution in [3.63, 3.8) is 0 Å². The van der Waals surface area contributed by atoms with E-state index in [-0.39, 0.29) is 0 Å². The number of benzene rings is 1. The van der Waals surface area contributed by atoms with E-state index in [9.17, 15) is 0 Å². The van der Waals surface area contributed by atoms with Crippen molar-refractivity contribution in [1.29, 1.82) is 5.26 Å². The highest BCUT2D eigenvalue weighted by Gasteiger charge is 2.24. The first-order valence-electron chi connectivity index (χ1n) is 6.46. The molecule has 0 aromatic heterocycles. The van der Waals surface area contributed by atoms with Crippen LogP contribution in [0.15, 0.2) is 18.2 Å². The Hall–Kier alpha value is -1.73. The van der Waals surface area contributed by atoms with Gasteiger partial charge in [-0.2, -0.15) is 5.26 Å². The van der Waals surface area contributed by atoms with Crippen LogP contribution in [0.2, 0.25) is 0 Å². The van der Waals surface area contributed by atoms with Crippen LogP contribution in [0.4, 0.5) is 11.4 Å². The number of anilines is 2. The Balaban J connectivity index is 2.15. The summed E-state index contributed by atoms with van der Waals surface area (Å²) >= 11 is 0. The van der Waals surface area contributed by atoms with Crippen molar-refractivity contribution >= 4 is 11.4 Å². The summed E-state index contributed by atoms with van der Waals surface area (Å²) in [5, 5.41) is 11.3. The number of hydrogen-bond acceptors (Lipinski definition) is 4. The van der Waals surface area contributed by atoms with E-state index >= 15 is 0 Å². The minimum Gasteiger partial charge on any atom is -0.398 e. The van der Waals surface area contributed by atoms with Crippen molar-refractivity contribution in [3.8, 4) is 6.07 Å². The molecule has 4 nitrogen and oxygen atoms in total. The summed E-state index contributed by atoms with van der Waals surface area (Å²) in [5.41, 5.74) is 11.1. The number of hydrazine groups is 1. The SMILES string of the molecule is CC1CCCC(C)N1Nc1ccc(N)c(C#N)c1. The molecule has 18 heavy (non-hydrogen) atoms. The van der Waals surface area contributed by atoms with Crippen molar-refractivity contribution in [1.82, 2.24) is 5.01 Å². The van der Waals surface area contributed by atoms with Gasteiger partial charge in [0.15, 0.2) is 0 Å². The minimum absolute atomic E-state index is 0.511. The molecule has 1 fully saturated rings. The first-order valence-corrected chi connectivity index (χ1v) is 6.46. The highest BCUT2D eigenvalue weighted by atomic mass is 15.5. The lowest BCUT2D eigenvalue weighted by Gasteiger charge is -2.39. The van der Waals surface area contributed by atoms with Gasteiger partial charge < -0.3 is 11.2 Å². The van der Waals surface area contributed by atoms with Gasteiger partial charge in [-0.1, -0.05) is 6.42 Å². The van der Waals surface area contributed by atoms with Gasteiger partial charge in [0.1, 0.15) is 6.07 Å². The maximum absolute atomic E-state index is 8.98. The Kier molecular flexibility index (Phi) is 3.73. The van der Waals surface area contributed by atoms with Gasteiger partial charge in [-0.15, -0.1) is 0 Å². The van der Waals surface area contributed by atoms with Crippen LogP contribution >= 0.6 is 0 Å². The highest BCUT2D eigenvalue weighted by Crippen LogP contribution is 2.24. The monoisotopic (exact) mass is 244 g/mol. The standard InChI is InChI=1S/C14H20N4/c1-10-4-3-5-11(2)18(10)17-13-6-7-14(16)12(8-13)9-15/h6-8,10-11,17H,3-5,16H2,1-2H3. The van der Waals surface area contributed by atoms with Gasteiger partial charge in [0.2, 0.25) is 0 Å². The van der Waals surface area contributed by atoms with Crippen molar-refractivity contribution in [2.45, 2.75) is 45.2 Å². The fraction of sp³-hybridized carbons (Fsp3) is 0.500. The number of nitriles is 1. The minimum atomic E-state index is 0.511. The molecule has 1 saturated heterocycles. The van der Waals surface area contributed by atoms with Crippen LogP contribution in [0.1, 0.15) is 38.7 Å². The van der Waals surface area contributed by atoms with Gasteiger partial charge in [0, 0.05) is 17.8 Å². The molecule has 0 bridgehead atoms. The second-order valence-corrected chi connectivity index (χ2v) is 5.06. The fourth-order valence-electron chi connectivity index (χ4n) is 2.51. The molecule has 1 aliphatic rings. The van der Waals surface area contributed by atoms with E-state index in [1.54, 1.807) is 6.07 Å². The van der Waals surface area contributed by atoms with E-state index in [0.717, 1.165) is 5.69 Å². The third-order valence-electron chi connectivity index (χ3n) is 3.63. The molecule has 2 unspecified atom stereocenters. The lowest BCUT2D eigenvalue weighted by molar-refractivity contribution is 0.136. The van der Waals surface area contributed by atoms with Crippen LogP contribution in [0.3, 0.4) is 0 Å². The predicted molar refractivity (Wildman–Crippen MR) is 73.8 cm³/mol. The summed E-state index contributed by atoms with van der Waals surface area (Å²) in [6, 6.07) is 8.64. The summed E-state index contributed by atoms with van der Waals surface area (Å²) in [4.78, 5) is 0. The van der Waals surface area contributed by atoms with E-state index in [1.807, 2.05) is 12.1 Å². The molecule has 0 amide bonds. The smallest absolute Gasteiger partial charge is 0.101 e. The topological polar surface area (TPSA) is 65.1 Å². The molecule has 1 aromatic carbocycles. The second-order valence-electron chi connectivity index (χ2n) is 5.06. The summed E-state index contributed by atoms with van der Waals surface area (Å²) in [6.07, 6.45) is 3.69. The number of nitrogens with one attached hydrogen (secondary N) is 1. The number of nitrogens with zero attached hydrogens (tertiary/aromatic N) is 2. The average molecular weight is 244 g/mol. The number of hydrogen-bond donors (Lipinski definition) is 2. The zero-order chi connectivity index (χ0) is 13.1. The second kappa shape index (κ2) is 5.28. The Labute approximate surface area is 108 Å². The highest BCUT2D eigenvalue weighted by molar-refractivity contribution is 5.61. The van der Waals surface area contributed by atoms with Crippen LogP contribution < -0.4 is 11.2 Å². The largest absolute Gasteiger partial charge is 0.398 e. The molecule has 2 atom stereocenters. The van der Waals surface area contributed by atoms with Crippen LogP contribution in [0.5, 0.6) is 0 Å². The van der Waals surface area contributed by atoms with Crippen LogP contribution in [0.25, 0.3) is 0 Å². The zero-order valence-electron chi connectivity index (χ0n) is 11.0. The maximum Gasteiger partial charge on any atom is 0.101 e. The zero-order valence-corrected chi connectivity index (χ0v) is 11.0. The molecule has 0 spiro atoms. The van der Waals surface area contributed by atoms with Gasteiger partial charge in [-0.05, 0) is 44.9 Å². The molecule has 1 aliphatic heterocycles. The van der Waals surface area contributed by atoms with E-state index in [2.05, 4.69) is 30.4 Å². The van der Waals surface area contributed by atoms with E-state index in [1.165, 1.54) is 19.3 Å². The molecule has 4 heteroatoms. The van der Waals surface area contributed by atoms with Crippen molar-refractivity contribution in [2.75, 3.05) is 11.2 Å². The predicted octanol–water partition coefficient (Wildman–Crippen LogP) is 2.73. The summed E-state index contributed by atoms with van der Waals surface area (Å²) < 4.78 is 0. The molecule has 0 saturated carbocycles. The molecule has 0 radical (unpaired) electrons. The lowest BCUT2D eigenvalue weighted by atomic mass is 10.00. The number of nitrogens with two attached hydrogens (primary N) is 1. The fourth-order valence-corrected chi connectivity index (χ4v) is 2.51. The first-order chi connectivity index (χ1) is 8.61. The molecular weight excluding hydrogens is 224 g/mol. The lowest BCUT2D eigenvalue weighted by Crippen LogP contribution is -2.47. The molecule has 3 N–H and O–H groups in total. The van der Waals surface area contributed by atoms with Gasteiger partial charge in [-0.25, -0.2) is 5.01 Å². The molecule has 1 heterocycles. The molecule has 1 aromatic rings. The van der Waals surface area contributed by atoms with Crippen molar-refractivity contribution in [2.24, 2.45) is 0 Å². The number of piperidine rings is 1. The molecule has 96 valence electrons. The third kappa shape index (κ3) is 2.57. The summed E-state index contributed by atoms with van der Waals surface area (Å²) in [5.74, 6) is 0. The quantitative estimate of drug-likeness (QED) is 0.785. The first kappa shape index (κ1) is 12.7. The Morgan fingerprint density at radius 2 is 2.00 bits per heavy atom. The van der Waals surface area contributed by atoms with Crippen LogP contribution in [-0.2, 0) is 0 Å². The molecular formula is C14H20N4. The van der Waals surface area contributed by atoms with Crippen molar-refractivity contribution < 1.29 is 0 Å². The van der Waals surface area contributed by atoms with E-state index in [0.29, 0.717) is 23.3 Å². The molecule has 2 rings (SSSR count). The van der Waals surface area contributed by atoms with Gasteiger partial charge >= 0.3 is 0 Å². The number of rotatable bonds is 2. The number of nitrogen functional groups attached to an aromatic ring is 1. The normalized spacial score (nSPS) is 24.5. The summed E-state index contributed by atoms with van der Waals surface area (Å²) in [7, 11) is 0. The van der Waals surface area contributed by atoms with E-state index in [4.69, 9.17) is 11.0 Å².